The van der Waals surface area contributed by atoms with Gasteiger partial charge in [-0.2, -0.15) is 0 Å². The molecule has 2 rings (SSSR count). The van der Waals surface area contributed by atoms with E-state index in [-0.39, 0.29) is 18.1 Å². The highest BCUT2D eigenvalue weighted by Crippen LogP contribution is 2.38. The molecular formula is C14H24N2O2. The van der Waals surface area contributed by atoms with Crippen LogP contribution in [0.1, 0.15) is 39.0 Å². The first kappa shape index (κ1) is 13.4. The number of hydrogen-bond acceptors (Lipinski definition) is 2. The summed E-state index contributed by atoms with van der Waals surface area (Å²) >= 11 is 0. The fourth-order valence-corrected chi connectivity index (χ4v) is 2.52. The summed E-state index contributed by atoms with van der Waals surface area (Å²) in [6, 6.07) is 0.340. The molecule has 3 atom stereocenters. The summed E-state index contributed by atoms with van der Waals surface area (Å²) in [5.41, 5.74) is 0. The quantitative estimate of drug-likeness (QED) is 0.737. The largest absolute Gasteiger partial charge is 0.378 e. The van der Waals surface area contributed by atoms with Gasteiger partial charge in [0.15, 0.2) is 0 Å². The average molecular weight is 252 g/mol. The molecule has 1 aliphatic heterocycles. The van der Waals surface area contributed by atoms with Crippen molar-refractivity contribution in [1.29, 1.82) is 0 Å². The summed E-state index contributed by atoms with van der Waals surface area (Å²) in [5, 5.41) is 5.98. The SMILES string of the molecule is C=CC[C@H](C)NC(=O)N[C@H]1CCO[C@H](C2CC2)C1. The third kappa shape index (κ3) is 4.02. The van der Waals surface area contributed by atoms with Gasteiger partial charge in [0.1, 0.15) is 0 Å². The van der Waals surface area contributed by atoms with Crippen molar-refractivity contribution in [3.63, 3.8) is 0 Å². The van der Waals surface area contributed by atoms with E-state index in [1.165, 1.54) is 12.8 Å². The van der Waals surface area contributed by atoms with Crippen LogP contribution in [0.2, 0.25) is 0 Å². The van der Waals surface area contributed by atoms with Gasteiger partial charge < -0.3 is 15.4 Å². The Kier molecular flexibility index (Phi) is 4.64. The molecule has 2 aliphatic rings. The molecule has 0 aromatic heterocycles. The summed E-state index contributed by atoms with van der Waals surface area (Å²) in [6.07, 6.45) is 7.46. The first-order chi connectivity index (χ1) is 8.69. The highest BCUT2D eigenvalue weighted by molar-refractivity contribution is 5.74. The standard InChI is InChI=1S/C14H24N2O2/c1-3-4-10(2)15-14(17)16-12-7-8-18-13(9-12)11-5-6-11/h3,10-13H,1,4-9H2,2H3,(H2,15,16,17)/t10-,12-,13-/m0/s1. The molecule has 2 amide bonds. The van der Waals surface area contributed by atoms with Crippen molar-refractivity contribution in [1.82, 2.24) is 10.6 Å². The number of carbonyl (C=O) groups is 1. The van der Waals surface area contributed by atoms with Gasteiger partial charge in [-0.05, 0) is 44.9 Å². The maximum Gasteiger partial charge on any atom is 0.315 e. The van der Waals surface area contributed by atoms with Gasteiger partial charge in [0.05, 0.1) is 6.10 Å². The maximum atomic E-state index is 11.8. The van der Waals surface area contributed by atoms with Gasteiger partial charge in [0, 0.05) is 18.7 Å². The monoisotopic (exact) mass is 252 g/mol. The summed E-state index contributed by atoms with van der Waals surface area (Å²) in [4.78, 5) is 11.8. The van der Waals surface area contributed by atoms with Crippen molar-refractivity contribution in [2.75, 3.05) is 6.61 Å². The molecule has 0 radical (unpaired) electrons. The lowest BCUT2D eigenvalue weighted by atomic mass is 10.0. The molecule has 1 aliphatic carbocycles. The summed E-state index contributed by atoms with van der Waals surface area (Å²) in [5.74, 6) is 0.748. The lowest BCUT2D eigenvalue weighted by Gasteiger charge is -2.30. The molecule has 4 nitrogen and oxygen atoms in total. The van der Waals surface area contributed by atoms with Crippen molar-refractivity contribution >= 4 is 6.03 Å². The molecule has 0 spiro atoms. The maximum absolute atomic E-state index is 11.8. The summed E-state index contributed by atoms with van der Waals surface area (Å²) in [7, 11) is 0. The Bertz CT molecular complexity index is 302. The van der Waals surface area contributed by atoms with Gasteiger partial charge in [-0.25, -0.2) is 4.79 Å². The van der Waals surface area contributed by atoms with Crippen molar-refractivity contribution in [3.8, 4) is 0 Å². The third-order valence-electron chi connectivity index (χ3n) is 3.70. The molecule has 0 aromatic rings. The molecule has 2 fully saturated rings. The van der Waals surface area contributed by atoms with E-state index < -0.39 is 0 Å². The van der Waals surface area contributed by atoms with Crippen LogP contribution in [0.3, 0.4) is 0 Å². The number of ether oxygens (including phenoxy) is 1. The van der Waals surface area contributed by atoms with E-state index in [4.69, 9.17) is 4.74 Å². The summed E-state index contributed by atoms with van der Waals surface area (Å²) in [6.45, 7) is 6.43. The van der Waals surface area contributed by atoms with Gasteiger partial charge in [-0.15, -0.1) is 6.58 Å². The van der Waals surface area contributed by atoms with Crippen molar-refractivity contribution in [3.05, 3.63) is 12.7 Å². The van der Waals surface area contributed by atoms with Crippen molar-refractivity contribution in [2.45, 2.75) is 57.2 Å². The lowest BCUT2D eigenvalue weighted by molar-refractivity contribution is -0.00917. The highest BCUT2D eigenvalue weighted by atomic mass is 16.5. The van der Waals surface area contributed by atoms with Crippen LogP contribution in [0.5, 0.6) is 0 Å². The number of nitrogens with one attached hydrogen (secondary N) is 2. The van der Waals surface area contributed by atoms with Crippen LogP contribution in [-0.2, 0) is 4.74 Å². The van der Waals surface area contributed by atoms with Gasteiger partial charge in [0.25, 0.3) is 0 Å². The van der Waals surface area contributed by atoms with Crippen LogP contribution in [0.15, 0.2) is 12.7 Å². The molecule has 102 valence electrons. The first-order valence-electron chi connectivity index (χ1n) is 6.98. The Morgan fingerprint density at radius 2 is 2.28 bits per heavy atom. The molecule has 0 unspecified atom stereocenters. The Morgan fingerprint density at radius 1 is 1.50 bits per heavy atom. The second-order valence-corrected chi connectivity index (χ2v) is 5.51. The highest BCUT2D eigenvalue weighted by Gasteiger charge is 2.36. The second kappa shape index (κ2) is 6.23. The predicted octanol–water partition coefficient (Wildman–Crippen LogP) is 2.21. The minimum atomic E-state index is -0.0641. The van der Waals surface area contributed by atoms with Crippen LogP contribution in [0.25, 0.3) is 0 Å². The molecule has 1 heterocycles. The average Bonchev–Trinajstić information content (AvgIpc) is 3.13. The lowest BCUT2D eigenvalue weighted by Crippen LogP contribution is -2.48. The zero-order valence-electron chi connectivity index (χ0n) is 11.2. The Morgan fingerprint density at radius 3 is 2.94 bits per heavy atom. The second-order valence-electron chi connectivity index (χ2n) is 5.51. The smallest absolute Gasteiger partial charge is 0.315 e. The van der Waals surface area contributed by atoms with Crippen LogP contribution < -0.4 is 10.6 Å². The van der Waals surface area contributed by atoms with Gasteiger partial charge in [0.2, 0.25) is 0 Å². The molecule has 4 heteroatoms. The van der Waals surface area contributed by atoms with Gasteiger partial charge >= 0.3 is 6.03 Å². The molecule has 0 bridgehead atoms. The predicted molar refractivity (Wildman–Crippen MR) is 71.4 cm³/mol. The van der Waals surface area contributed by atoms with E-state index in [0.717, 1.165) is 31.8 Å². The Balaban J connectivity index is 1.70. The normalized spacial score (nSPS) is 29.4. The first-order valence-corrected chi connectivity index (χ1v) is 6.98. The third-order valence-corrected chi connectivity index (χ3v) is 3.70. The molecule has 1 saturated heterocycles. The zero-order chi connectivity index (χ0) is 13.0. The van der Waals surface area contributed by atoms with Crippen LogP contribution in [-0.4, -0.2) is 30.8 Å². The minimum Gasteiger partial charge on any atom is -0.378 e. The van der Waals surface area contributed by atoms with Crippen molar-refractivity contribution < 1.29 is 9.53 Å². The number of rotatable bonds is 5. The van der Waals surface area contributed by atoms with E-state index in [2.05, 4.69) is 17.2 Å². The van der Waals surface area contributed by atoms with Crippen LogP contribution in [0, 0.1) is 5.92 Å². The van der Waals surface area contributed by atoms with E-state index in [0.29, 0.717) is 6.10 Å². The number of urea groups is 1. The van der Waals surface area contributed by atoms with E-state index in [1.807, 2.05) is 13.0 Å². The molecular weight excluding hydrogens is 228 g/mol. The van der Waals surface area contributed by atoms with Crippen LogP contribution >= 0.6 is 0 Å². The van der Waals surface area contributed by atoms with Gasteiger partial charge in [-0.3, -0.25) is 0 Å². The Labute approximate surface area is 109 Å². The van der Waals surface area contributed by atoms with Crippen LogP contribution in [0.4, 0.5) is 4.79 Å². The molecule has 1 saturated carbocycles. The Hall–Kier alpha value is -1.03. The number of amides is 2. The zero-order valence-corrected chi connectivity index (χ0v) is 11.2. The van der Waals surface area contributed by atoms with Crippen molar-refractivity contribution in [2.24, 2.45) is 5.92 Å². The molecule has 2 N–H and O–H groups in total. The molecule has 0 aromatic carbocycles. The number of carbonyl (C=O) groups excluding carboxylic acids is 1. The van der Waals surface area contributed by atoms with E-state index in [1.54, 1.807) is 0 Å². The fourth-order valence-electron chi connectivity index (χ4n) is 2.52. The minimum absolute atomic E-state index is 0.0641. The van der Waals surface area contributed by atoms with E-state index >= 15 is 0 Å². The van der Waals surface area contributed by atoms with E-state index in [9.17, 15) is 4.79 Å². The topological polar surface area (TPSA) is 50.4 Å². The fraction of sp³-hybridized carbons (Fsp3) is 0.786. The number of hydrogen-bond donors (Lipinski definition) is 2. The summed E-state index contributed by atoms with van der Waals surface area (Å²) < 4.78 is 5.75. The molecule has 18 heavy (non-hydrogen) atoms. The van der Waals surface area contributed by atoms with Gasteiger partial charge in [-0.1, -0.05) is 6.08 Å².